The smallest absolute Gasteiger partial charge is 0.220 e. The molecular formula is C28H29N3O2. The van der Waals surface area contributed by atoms with E-state index in [4.69, 9.17) is 0 Å². The van der Waals surface area contributed by atoms with E-state index in [1.54, 1.807) is 0 Å². The molecule has 5 heteroatoms. The van der Waals surface area contributed by atoms with Gasteiger partial charge >= 0.3 is 0 Å². The Bertz CT molecular complexity index is 1310. The van der Waals surface area contributed by atoms with Gasteiger partial charge in [0, 0.05) is 43.2 Å². The van der Waals surface area contributed by atoms with Crippen molar-refractivity contribution in [3.8, 4) is 0 Å². The lowest BCUT2D eigenvalue weighted by Crippen LogP contribution is -2.44. The summed E-state index contributed by atoms with van der Waals surface area (Å²) in [5, 5.41) is 9.86. The third-order valence-corrected chi connectivity index (χ3v) is 6.78. The SMILES string of the molecule is O=C(CC[C@]1(Cc2ccc3ccccc3c2)CCC(=O)N1)NCCn1ccc2ccccc21. The van der Waals surface area contributed by atoms with E-state index in [0.29, 0.717) is 25.8 Å². The average molecular weight is 440 g/mol. The Hall–Kier alpha value is -3.60. The Balaban J connectivity index is 1.19. The summed E-state index contributed by atoms with van der Waals surface area (Å²) in [6, 6.07) is 25.1. The van der Waals surface area contributed by atoms with Crippen LogP contribution >= 0.6 is 0 Å². The molecule has 1 aliphatic rings. The van der Waals surface area contributed by atoms with Crippen LogP contribution in [0, 0.1) is 0 Å². The van der Waals surface area contributed by atoms with E-state index in [2.05, 4.69) is 69.9 Å². The van der Waals surface area contributed by atoms with Crippen molar-refractivity contribution in [2.45, 2.75) is 44.2 Å². The average Bonchev–Trinajstić information content (AvgIpc) is 3.41. The minimum Gasteiger partial charge on any atom is -0.354 e. The summed E-state index contributed by atoms with van der Waals surface area (Å²) in [6.07, 6.45) is 5.14. The van der Waals surface area contributed by atoms with Gasteiger partial charge in [-0.3, -0.25) is 9.59 Å². The first-order valence-corrected chi connectivity index (χ1v) is 11.7. The van der Waals surface area contributed by atoms with Crippen LogP contribution in [-0.4, -0.2) is 28.5 Å². The van der Waals surface area contributed by atoms with Crippen LogP contribution in [0.3, 0.4) is 0 Å². The van der Waals surface area contributed by atoms with Gasteiger partial charge in [0.15, 0.2) is 0 Å². The molecule has 0 bridgehead atoms. The van der Waals surface area contributed by atoms with Crippen LogP contribution in [0.1, 0.15) is 31.2 Å². The quantitative estimate of drug-likeness (QED) is 0.422. The van der Waals surface area contributed by atoms with Crippen LogP contribution in [0.5, 0.6) is 0 Å². The van der Waals surface area contributed by atoms with Gasteiger partial charge in [0.2, 0.25) is 11.8 Å². The standard InChI is InChI=1S/C28H29N3O2/c32-26(29-16-18-31-17-13-23-6-3-4-8-25(23)31)11-14-28(15-12-27(33)30-28)20-21-9-10-22-5-1-2-7-24(22)19-21/h1-10,13,17,19H,11-12,14-16,18,20H2,(H,29,32)(H,30,33)/t28-/m1/s1. The number of amides is 2. The predicted molar refractivity (Wildman–Crippen MR) is 132 cm³/mol. The summed E-state index contributed by atoms with van der Waals surface area (Å²) in [5.41, 5.74) is 2.01. The molecule has 0 aliphatic carbocycles. The van der Waals surface area contributed by atoms with Gasteiger partial charge in [0.1, 0.15) is 0 Å². The van der Waals surface area contributed by atoms with Crippen molar-refractivity contribution in [2.75, 3.05) is 6.54 Å². The topological polar surface area (TPSA) is 63.1 Å². The normalized spacial score (nSPS) is 18.0. The second kappa shape index (κ2) is 9.10. The molecule has 168 valence electrons. The fourth-order valence-corrected chi connectivity index (χ4v) is 5.01. The van der Waals surface area contributed by atoms with Gasteiger partial charge in [0.05, 0.1) is 0 Å². The highest BCUT2D eigenvalue weighted by atomic mass is 16.2. The molecular weight excluding hydrogens is 410 g/mol. The fourth-order valence-electron chi connectivity index (χ4n) is 5.01. The molecule has 0 radical (unpaired) electrons. The van der Waals surface area contributed by atoms with Crippen LogP contribution in [-0.2, 0) is 22.6 Å². The second-order valence-corrected chi connectivity index (χ2v) is 9.10. The molecule has 2 N–H and O–H groups in total. The molecule has 0 unspecified atom stereocenters. The second-order valence-electron chi connectivity index (χ2n) is 9.10. The Morgan fingerprint density at radius 1 is 0.970 bits per heavy atom. The number of carbonyl (C=O) groups excluding carboxylic acids is 2. The van der Waals surface area contributed by atoms with Crippen LogP contribution in [0.25, 0.3) is 21.7 Å². The van der Waals surface area contributed by atoms with E-state index >= 15 is 0 Å². The summed E-state index contributed by atoms with van der Waals surface area (Å²) >= 11 is 0. The maximum atomic E-state index is 12.6. The Morgan fingerprint density at radius 3 is 2.58 bits per heavy atom. The van der Waals surface area contributed by atoms with Gasteiger partial charge < -0.3 is 15.2 Å². The lowest BCUT2D eigenvalue weighted by atomic mass is 9.84. The molecule has 5 rings (SSSR count). The number of nitrogens with zero attached hydrogens (tertiary/aromatic N) is 1. The predicted octanol–water partition coefficient (Wildman–Crippen LogP) is 4.58. The monoisotopic (exact) mass is 439 g/mol. The van der Waals surface area contributed by atoms with Gasteiger partial charge in [-0.05, 0) is 53.1 Å². The van der Waals surface area contributed by atoms with Crippen LogP contribution in [0.4, 0.5) is 0 Å². The summed E-state index contributed by atoms with van der Waals surface area (Å²) in [4.78, 5) is 24.7. The Labute approximate surface area is 193 Å². The molecule has 1 aromatic heterocycles. The summed E-state index contributed by atoms with van der Waals surface area (Å²) in [6.45, 7) is 1.32. The zero-order valence-corrected chi connectivity index (χ0v) is 18.7. The van der Waals surface area contributed by atoms with E-state index in [0.717, 1.165) is 19.4 Å². The third kappa shape index (κ3) is 4.77. The molecule has 33 heavy (non-hydrogen) atoms. The summed E-state index contributed by atoms with van der Waals surface area (Å²) in [5.74, 6) is 0.112. The Morgan fingerprint density at radius 2 is 1.76 bits per heavy atom. The van der Waals surface area contributed by atoms with Gasteiger partial charge in [-0.1, -0.05) is 60.7 Å². The molecule has 0 saturated carbocycles. The molecule has 1 fully saturated rings. The fraction of sp³-hybridized carbons (Fsp3) is 0.286. The highest BCUT2D eigenvalue weighted by Gasteiger charge is 2.37. The van der Waals surface area contributed by atoms with E-state index in [1.165, 1.54) is 27.2 Å². The number of hydrogen-bond donors (Lipinski definition) is 2. The molecule has 2 heterocycles. The van der Waals surface area contributed by atoms with Gasteiger partial charge in [-0.25, -0.2) is 0 Å². The maximum absolute atomic E-state index is 12.6. The highest BCUT2D eigenvalue weighted by Crippen LogP contribution is 2.30. The number of carbonyl (C=O) groups is 2. The molecule has 3 aromatic carbocycles. The van der Waals surface area contributed by atoms with Crippen LogP contribution in [0.15, 0.2) is 79.0 Å². The van der Waals surface area contributed by atoms with Crippen LogP contribution < -0.4 is 10.6 Å². The molecule has 1 saturated heterocycles. The van der Waals surface area contributed by atoms with Gasteiger partial charge in [-0.2, -0.15) is 0 Å². The Kier molecular flexibility index (Phi) is 5.86. The maximum Gasteiger partial charge on any atom is 0.220 e. The van der Waals surface area contributed by atoms with Crippen molar-refractivity contribution in [1.82, 2.24) is 15.2 Å². The molecule has 1 atom stereocenters. The van der Waals surface area contributed by atoms with Crippen molar-refractivity contribution in [1.29, 1.82) is 0 Å². The number of para-hydroxylation sites is 1. The number of nitrogens with one attached hydrogen (secondary N) is 2. The van der Waals surface area contributed by atoms with Crippen molar-refractivity contribution >= 4 is 33.5 Å². The zero-order chi connectivity index (χ0) is 22.7. The van der Waals surface area contributed by atoms with E-state index < -0.39 is 0 Å². The summed E-state index contributed by atoms with van der Waals surface area (Å²) < 4.78 is 2.16. The summed E-state index contributed by atoms with van der Waals surface area (Å²) in [7, 11) is 0. The minimum atomic E-state index is -0.354. The molecule has 0 spiro atoms. The third-order valence-electron chi connectivity index (χ3n) is 6.78. The largest absolute Gasteiger partial charge is 0.354 e. The minimum absolute atomic E-state index is 0.0329. The van der Waals surface area contributed by atoms with E-state index in [1.807, 2.05) is 24.3 Å². The van der Waals surface area contributed by atoms with Crippen molar-refractivity contribution < 1.29 is 9.59 Å². The first-order valence-electron chi connectivity index (χ1n) is 11.7. The molecule has 5 nitrogen and oxygen atoms in total. The van der Waals surface area contributed by atoms with Crippen molar-refractivity contribution in [3.05, 3.63) is 84.6 Å². The van der Waals surface area contributed by atoms with E-state index in [-0.39, 0.29) is 17.4 Å². The van der Waals surface area contributed by atoms with E-state index in [9.17, 15) is 9.59 Å². The molecule has 1 aliphatic heterocycles. The lowest BCUT2D eigenvalue weighted by molar-refractivity contribution is -0.122. The number of hydrogen-bond acceptors (Lipinski definition) is 2. The number of aromatic nitrogens is 1. The van der Waals surface area contributed by atoms with Crippen LogP contribution in [0.2, 0.25) is 0 Å². The number of rotatable bonds is 8. The van der Waals surface area contributed by atoms with Crippen molar-refractivity contribution in [2.24, 2.45) is 0 Å². The first kappa shape index (κ1) is 21.3. The number of benzene rings is 3. The molecule has 2 amide bonds. The molecule has 4 aromatic rings. The number of fused-ring (bicyclic) bond motifs is 2. The van der Waals surface area contributed by atoms with Gasteiger partial charge in [0.25, 0.3) is 0 Å². The zero-order valence-electron chi connectivity index (χ0n) is 18.7. The first-order chi connectivity index (χ1) is 16.1. The van der Waals surface area contributed by atoms with Gasteiger partial charge in [-0.15, -0.1) is 0 Å². The highest BCUT2D eigenvalue weighted by molar-refractivity contribution is 5.84. The lowest BCUT2D eigenvalue weighted by Gasteiger charge is -2.29. The van der Waals surface area contributed by atoms with Crippen molar-refractivity contribution in [3.63, 3.8) is 0 Å².